The second-order valence-electron chi connectivity index (χ2n) is 4.18. The number of nitrogens with one attached hydrogen (secondary N) is 1. The van der Waals surface area contributed by atoms with Crippen molar-refractivity contribution >= 4 is 35.0 Å². The van der Waals surface area contributed by atoms with Gasteiger partial charge in [-0.2, -0.15) is 5.10 Å². The van der Waals surface area contributed by atoms with Crippen molar-refractivity contribution in [1.82, 2.24) is 5.32 Å². The minimum Gasteiger partial charge on any atom is -0.504 e. The predicted molar refractivity (Wildman–Crippen MR) is 85.3 cm³/mol. The van der Waals surface area contributed by atoms with Crippen LogP contribution in [0.3, 0.4) is 0 Å². The Morgan fingerprint density at radius 3 is 2.96 bits per heavy atom. The van der Waals surface area contributed by atoms with Crippen LogP contribution in [0.5, 0.6) is 11.5 Å². The Bertz CT molecular complexity index is 727. The molecule has 1 heterocycles. The highest BCUT2D eigenvalue weighted by molar-refractivity contribution is 8.18. The molecule has 1 saturated heterocycles. The molecule has 0 spiro atoms. The van der Waals surface area contributed by atoms with Crippen LogP contribution in [0.15, 0.2) is 39.4 Å². The second kappa shape index (κ2) is 7.45. The van der Waals surface area contributed by atoms with Gasteiger partial charge in [0.25, 0.3) is 5.91 Å². The van der Waals surface area contributed by atoms with Crippen LogP contribution in [0, 0.1) is 0 Å². The van der Waals surface area contributed by atoms with E-state index in [1.54, 1.807) is 6.92 Å². The van der Waals surface area contributed by atoms with Crippen molar-refractivity contribution in [3.63, 3.8) is 0 Å². The molecule has 0 saturated carbocycles. The number of benzene rings is 1. The zero-order chi connectivity index (χ0) is 16.8. The van der Waals surface area contributed by atoms with E-state index >= 15 is 0 Å². The van der Waals surface area contributed by atoms with Crippen molar-refractivity contribution in [2.75, 3.05) is 6.61 Å². The first-order valence-corrected chi connectivity index (χ1v) is 7.32. The van der Waals surface area contributed by atoms with E-state index in [0.29, 0.717) is 0 Å². The second-order valence-corrected chi connectivity index (χ2v) is 5.21. The first-order valence-electron chi connectivity index (χ1n) is 6.51. The van der Waals surface area contributed by atoms with Crippen molar-refractivity contribution in [3.8, 4) is 11.5 Å². The molecule has 9 heteroatoms. The van der Waals surface area contributed by atoms with Crippen molar-refractivity contribution in [1.29, 1.82) is 0 Å². The molecular weight excluding hydrogens is 322 g/mol. The third-order valence-electron chi connectivity index (χ3n) is 2.58. The molecule has 1 amide bonds. The average molecular weight is 335 g/mol. The Morgan fingerprint density at radius 1 is 1.43 bits per heavy atom. The molecule has 0 atom stereocenters. The summed E-state index contributed by atoms with van der Waals surface area (Å²) in [5.74, 6) is -1.68. The number of ether oxygens (including phenoxy) is 1. The normalized spacial score (nSPS) is 17.9. The van der Waals surface area contributed by atoms with Gasteiger partial charge in [-0.1, -0.05) is 6.07 Å². The zero-order valence-electron chi connectivity index (χ0n) is 12.0. The maximum atomic E-state index is 11.6. The molecule has 2 rings (SSSR count). The minimum atomic E-state index is -0.611. The van der Waals surface area contributed by atoms with Gasteiger partial charge in [0.05, 0.1) is 17.7 Å². The van der Waals surface area contributed by atoms with Gasteiger partial charge < -0.3 is 14.9 Å². The van der Waals surface area contributed by atoms with Crippen LogP contribution in [0.1, 0.15) is 12.5 Å². The number of phenols is 2. The maximum absolute atomic E-state index is 11.6. The van der Waals surface area contributed by atoms with Gasteiger partial charge in [-0.05, 0) is 30.8 Å². The number of hydrogen-bond acceptors (Lipinski definition) is 8. The lowest BCUT2D eigenvalue weighted by Crippen LogP contribution is -2.19. The summed E-state index contributed by atoms with van der Waals surface area (Å²) in [5, 5.41) is 29.1. The molecule has 8 nitrogen and oxygen atoms in total. The molecule has 0 radical (unpaired) electrons. The summed E-state index contributed by atoms with van der Waals surface area (Å²) in [7, 11) is 0. The van der Waals surface area contributed by atoms with Gasteiger partial charge in [-0.3, -0.25) is 10.1 Å². The Balaban J connectivity index is 2.07. The maximum Gasteiger partial charge on any atom is 0.332 e. The van der Waals surface area contributed by atoms with Gasteiger partial charge in [0.15, 0.2) is 16.7 Å². The Kier molecular flexibility index (Phi) is 5.36. The van der Waals surface area contributed by atoms with Crippen LogP contribution in [0.25, 0.3) is 0 Å². The molecule has 23 heavy (non-hydrogen) atoms. The fraction of sp³-hybridized carbons (Fsp3) is 0.143. The fourth-order valence-electron chi connectivity index (χ4n) is 1.56. The van der Waals surface area contributed by atoms with Crippen LogP contribution in [-0.2, 0) is 14.3 Å². The number of thioether (sulfide) groups is 1. The quantitative estimate of drug-likeness (QED) is 0.249. The zero-order valence-corrected chi connectivity index (χ0v) is 12.8. The number of aromatic hydroxyl groups is 2. The van der Waals surface area contributed by atoms with E-state index in [1.165, 1.54) is 24.4 Å². The molecule has 1 aromatic rings. The van der Waals surface area contributed by atoms with E-state index in [1.807, 2.05) is 0 Å². The Hall–Kier alpha value is -2.81. The minimum absolute atomic E-state index is 0.151. The van der Waals surface area contributed by atoms with Crippen molar-refractivity contribution in [2.24, 2.45) is 10.2 Å². The van der Waals surface area contributed by atoms with Crippen LogP contribution in [0.4, 0.5) is 0 Å². The smallest absolute Gasteiger partial charge is 0.332 e. The summed E-state index contributed by atoms with van der Waals surface area (Å²) in [6.45, 7) is 1.88. The van der Waals surface area contributed by atoms with Crippen molar-refractivity contribution in [2.45, 2.75) is 6.92 Å². The SMILES string of the molecule is CCOC(=O)C=C1S/C(=N\N=C\c2cccc(O)c2O)NC1=O. The lowest BCUT2D eigenvalue weighted by atomic mass is 10.2. The Morgan fingerprint density at radius 2 is 2.22 bits per heavy atom. The monoisotopic (exact) mass is 335 g/mol. The first-order chi connectivity index (χ1) is 11.0. The molecule has 1 fully saturated rings. The van der Waals surface area contributed by atoms with Crippen molar-refractivity contribution in [3.05, 3.63) is 34.7 Å². The number of rotatable bonds is 4. The van der Waals surface area contributed by atoms with Crippen LogP contribution >= 0.6 is 11.8 Å². The third-order valence-corrected chi connectivity index (χ3v) is 3.48. The topological polar surface area (TPSA) is 121 Å². The largest absolute Gasteiger partial charge is 0.504 e. The van der Waals surface area contributed by atoms with Crippen LogP contribution < -0.4 is 5.32 Å². The number of phenolic OH excluding ortho intramolecular Hbond substituents is 2. The molecule has 0 unspecified atom stereocenters. The number of amides is 1. The van der Waals surface area contributed by atoms with E-state index in [2.05, 4.69) is 15.5 Å². The van der Waals surface area contributed by atoms with E-state index in [0.717, 1.165) is 17.8 Å². The van der Waals surface area contributed by atoms with Crippen LogP contribution in [0.2, 0.25) is 0 Å². The number of amidine groups is 1. The van der Waals surface area contributed by atoms with Gasteiger partial charge in [-0.15, -0.1) is 5.10 Å². The summed E-state index contributed by atoms with van der Waals surface area (Å²) in [6.07, 6.45) is 2.30. The number of carbonyl (C=O) groups excluding carboxylic acids is 2. The summed E-state index contributed by atoms with van der Waals surface area (Å²) in [4.78, 5) is 23.1. The summed E-state index contributed by atoms with van der Waals surface area (Å²) >= 11 is 0.939. The van der Waals surface area contributed by atoms with E-state index in [-0.39, 0.29) is 33.7 Å². The van der Waals surface area contributed by atoms with Gasteiger partial charge in [-0.25, -0.2) is 4.79 Å². The van der Waals surface area contributed by atoms with Gasteiger partial charge in [0.1, 0.15) is 0 Å². The lowest BCUT2D eigenvalue weighted by molar-refractivity contribution is -0.137. The highest BCUT2D eigenvalue weighted by Crippen LogP contribution is 2.27. The summed E-state index contributed by atoms with van der Waals surface area (Å²) < 4.78 is 4.72. The molecule has 1 aliphatic heterocycles. The fourth-order valence-corrected chi connectivity index (χ4v) is 2.30. The van der Waals surface area contributed by atoms with Crippen molar-refractivity contribution < 1.29 is 24.5 Å². The number of para-hydroxylation sites is 1. The molecule has 0 aliphatic carbocycles. The standard InChI is InChI=1S/C14H13N3O5S/c1-2-22-11(19)6-10-13(21)16-14(23-10)17-15-7-8-4-3-5-9(18)12(8)20/h3-7,18,20H,2H2,1H3,(H,16,17,21)/b10-6?,15-7+. The predicted octanol–water partition coefficient (Wildman–Crippen LogP) is 1.10. The molecule has 0 bridgehead atoms. The highest BCUT2D eigenvalue weighted by Gasteiger charge is 2.25. The summed E-state index contributed by atoms with van der Waals surface area (Å²) in [5.41, 5.74) is 0.269. The highest BCUT2D eigenvalue weighted by atomic mass is 32.2. The number of carbonyl (C=O) groups is 2. The van der Waals surface area contributed by atoms with Crippen LogP contribution in [-0.4, -0.2) is 40.1 Å². The molecule has 3 N–H and O–H groups in total. The van der Waals surface area contributed by atoms with Gasteiger partial charge >= 0.3 is 5.97 Å². The summed E-state index contributed by atoms with van der Waals surface area (Å²) in [6, 6.07) is 4.40. The first kappa shape index (κ1) is 16.6. The molecule has 1 aliphatic rings. The molecule has 0 aromatic heterocycles. The number of esters is 1. The molecule has 1 aromatic carbocycles. The number of hydrogen-bond donors (Lipinski definition) is 3. The van der Waals surface area contributed by atoms with E-state index < -0.39 is 11.9 Å². The van der Waals surface area contributed by atoms with Gasteiger partial charge in [0.2, 0.25) is 0 Å². The Labute approximate surface area is 135 Å². The third kappa shape index (κ3) is 4.33. The van der Waals surface area contributed by atoms with E-state index in [9.17, 15) is 19.8 Å². The number of nitrogens with zero attached hydrogens (tertiary/aromatic N) is 2. The molecular formula is C14H13N3O5S. The average Bonchev–Trinajstić information content (AvgIpc) is 2.84. The lowest BCUT2D eigenvalue weighted by Gasteiger charge is -1.99. The van der Waals surface area contributed by atoms with E-state index in [4.69, 9.17) is 4.74 Å². The van der Waals surface area contributed by atoms with Gasteiger partial charge in [0, 0.05) is 11.6 Å². The molecule has 120 valence electrons.